The maximum absolute atomic E-state index is 11.1. The molecule has 102 valence electrons. The minimum Gasteiger partial charge on any atom is -0.352 e. The lowest BCUT2D eigenvalue weighted by Crippen LogP contribution is -2.32. The summed E-state index contributed by atoms with van der Waals surface area (Å²) in [5.41, 5.74) is 2.01. The minimum atomic E-state index is 0.197. The Morgan fingerprint density at radius 3 is 2.63 bits per heavy atom. The number of aromatic nitrogens is 2. The fourth-order valence-electron chi connectivity index (χ4n) is 2.26. The first-order valence-electron chi connectivity index (χ1n) is 6.33. The maximum Gasteiger partial charge on any atom is 0.156 e. The standard InChI is InChI=1S/C14H18ClN3O/c1-14(2,3)10-4-6-18(7-5-10)13-11(8-19)12(15)16-9-17-13/h4,8-9H,5-7H2,1-3H3. The van der Waals surface area contributed by atoms with Crippen molar-refractivity contribution in [1.29, 1.82) is 0 Å². The Morgan fingerprint density at radius 1 is 1.37 bits per heavy atom. The molecule has 0 amide bonds. The van der Waals surface area contributed by atoms with E-state index in [1.165, 1.54) is 11.9 Å². The van der Waals surface area contributed by atoms with Gasteiger partial charge in [0.05, 0.1) is 5.56 Å². The molecule has 0 N–H and O–H groups in total. The lowest BCUT2D eigenvalue weighted by atomic mass is 9.83. The van der Waals surface area contributed by atoms with Gasteiger partial charge in [-0.05, 0) is 11.8 Å². The van der Waals surface area contributed by atoms with Gasteiger partial charge in [-0.2, -0.15) is 0 Å². The normalized spacial score (nSPS) is 16.2. The maximum atomic E-state index is 11.1. The second-order valence-electron chi connectivity index (χ2n) is 5.69. The molecule has 0 saturated heterocycles. The molecule has 2 rings (SSSR count). The molecule has 2 heterocycles. The predicted octanol–water partition coefficient (Wildman–Crippen LogP) is 3.13. The van der Waals surface area contributed by atoms with Crippen molar-refractivity contribution in [1.82, 2.24) is 9.97 Å². The van der Waals surface area contributed by atoms with Gasteiger partial charge in [0.2, 0.25) is 0 Å². The van der Waals surface area contributed by atoms with E-state index in [1.54, 1.807) is 0 Å². The smallest absolute Gasteiger partial charge is 0.156 e. The average Bonchev–Trinajstić information content (AvgIpc) is 2.37. The number of carbonyl (C=O) groups is 1. The third kappa shape index (κ3) is 2.95. The molecular weight excluding hydrogens is 262 g/mol. The van der Waals surface area contributed by atoms with Gasteiger partial charge in [0.1, 0.15) is 17.3 Å². The van der Waals surface area contributed by atoms with Crippen molar-refractivity contribution in [3.63, 3.8) is 0 Å². The third-order valence-corrected chi connectivity index (χ3v) is 3.71. The zero-order valence-electron chi connectivity index (χ0n) is 11.5. The van der Waals surface area contributed by atoms with E-state index >= 15 is 0 Å². The van der Waals surface area contributed by atoms with E-state index in [4.69, 9.17) is 11.6 Å². The molecule has 0 aliphatic carbocycles. The molecule has 0 atom stereocenters. The van der Waals surface area contributed by atoms with Crippen LogP contribution in [0.4, 0.5) is 5.82 Å². The van der Waals surface area contributed by atoms with Gasteiger partial charge in [0.15, 0.2) is 6.29 Å². The highest BCUT2D eigenvalue weighted by Crippen LogP contribution is 2.32. The molecule has 0 aromatic carbocycles. The van der Waals surface area contributed by atoms with Crippen LogP contribution in [0.3, 0.4) is 0 Å². The first-order valence-corrected chi connectivity index (χ1v) is 6.71. The largest absolute Gasteiger partial charge is 0.352 e. The van der Waals surface area contributed by atoms with Crippen molar-refractivity contribution >= 4 is 23.7 Å². The van der Waals surface area contributed by atoms with Crippen molar-refractivity contribution in [3.05, 3.63) is 28.7 Å². The molecule has 0 spiro atoms. The molecule has 0 bridgehead atoms. The van der Waals surface area contributed by atoms with E-state index in [0.717, 1.165) is 25.8 Å². The molecule has 1 aromatic heterocycles. The van der Waals surface area contributed by atoms with Crippen LogP contribution in [0.1, 0.15) is 37.6 Å². The van der Waals surface area contributed by atoms with Crippen LogP contribution in [-0.4, -0.2) is 29.3 Å². The second-order valence-corrected chi connectivity index (χ2v) is 6.05. The quantitative estimate of drug-likeness (QED) is 0.474. The molecule has 19 heavy (non-hydrogen) atoms. The monoisotopic (exact) mass is 279 g/mol. The van der Waals surface area contributed by atoms with Crippen LogP contribution < -0.4 is 4.90 Å². The van der Waals surface area contributed by atoms with Gasteiger partial charge in [-0.15, -0.1) is 0 Å². The van der Waals surface area contributed by atoms with Gasteiger partial charge < -0.3 is 4.90 Å². The van der Waals surface area contributed by atoms with E-state index in [1.807, 2.05) is 0 Å². The van der Waals surface area contributed by atoms with Gasteiger partial charge in [-0.3, -0.25) is 4.79 Å². The lowest BCUT2D eigenvalue weighted by molar-refractivity contribution is 0.112. The predicted molar refractivity (Wildman–Crippen MR) is 76.8 cm³/mol. The molecule has 1 aliphatic heterocycles. The number of anilines is 1. The highest BCUT2D eigenvalue weighted by Gasteiger charge is 2.23. The summed E-state index contributed by atoms with van der Waals surface area (Å²) in [6.45, 7) is 8.24. The van der Waals surface area contributed by atoms with Gasteiger partial charge >= 0.3 is 0 Å². The van der Waals surface area contributed by atoms with Gasteiger partial charge in [0, 0.05) is 13.1 Å². The van der Waals surface area contributed by atoms with Crippen LogP contribution in [0.5, 0.6) is 0 Å². The van der Waals surface area contributed by atoms with Gasteiger partial charge in [0.25, 0.3) is 0 Å². The van der Waals surface area contributed by atoms with Crippen LogP contribution in [0, 0.1) is 5.41 Å². The molecule has 1 aromatic rings. The summed E-state index contributed by atoms with van der Waals surface area (Å²) >= 11 is 5.93. The Balaban J connectivity index is 2.25. The summed E-state index contributed by atoms with van der Waals surface area (Å²) < 4.78 is 0. The summed E-state index contributed by atoms with van der Waals surface area (Å²) in [6.07, 6.45) is 5.31. The van der Waals surface area contributed by atoms with E-state index in [-0.39, 0.29) is 10.6 Å². The molecular formula is C14H18ClN3O. The zero-order chi connectivity index (χ0) is 14.0. The van der Waals surface area contributed by atoms with Gasteiger partial charge in [-0.25, -0.2) is 9.97 Å². The van der Waals surface area contributed by atoms with E-state index in [0.29, 0.717) is 11.4 Å². The zero-order valence-corrected chi connectivity index (χ0v) is 12.2. The first-order chi connectivity index (χ1) is 8.93. The highest BCUT2D eigenvalue weighted by atomic mass is 35.5. The van der Waals surface area contributed by atoms with Crippen molar-refractivity contribution < 1.29 is 4.79 Å². The van der Waals surface area contributed by atoms with E-state index in [9.17, 15) is 4.79 Å². The number of rotatable bonds is 2. The second kappa shape index (κ2) is 5.29. The summed E-state index contributed by atoms with van der Waals surface area (Å²) in [6, 6.07) is 0. The summed E-state index contributed by atoms with van der Waals surface area (Å²) in [7, 11) is 0. The van der Waals surface area contributed by atoms with Crippen LogP contribution in [0.15, 0.2) is 18.0 Å². The lowest BCUT2D eigenvalue weighted by Gasteiger charge is -2.33. The van der Waals surface area contributed by atoms with Crippen LogP contribution in [0.25, 0.3) is 0 Å². The number of aldehydes is 1. The van der Waals surface area contributed by atoms with Crippen LogP contribution in [-0.2, 0) is 0 Å². The minimum absolute atomic E-state index is 0.197. The van der Waals surface area contributed by atoms with Crippen LogP contribution in [0.2, 0.25) is 5.15 Å². The number of carbonyl (C=O) groups excluding carboxylic acids is 1. The molecule has 0 radical (unpaired) electrons. The van der Waals surface area contributed by atoms with Crippen molar-refractivity contribution in [2.75, 3.05) is 18.0 Å². The molecule has 0 fully saturated rings. The molecule has 0 unspecified atom stereocenters. The molecule has 4 nitrogen and oxygen atoms in total. The number of halogens is 1. The topological polar surface area (TPSA) is 46.1 Å². The van der Waals surface area contributed by atoms with E-state index < -0.39 is 0 Å². The Morgan fingerprint density at radius 2 is 2.11 bits per heavy atom. The summed E-state index contributed by atoms with van der Waals surface area (Å²) in [5, 5.41) is 0.214. The Kier molecular flexibility index (Phi) is 3.90. The van der Waals surface area contributed by atoms with Crippen molar-refractivity contribution in [3.8, 4) is 0 Å². The van der Waals surface area contributed by atoms with Crippen molar-refractivity contribution in [2.45, 2.75) is 27.2 Å². The summed E-state index contributed by atoms with van der Waals surface area (Å²) in [5.74, 6) is 0.624. The number of nitrogens with zero attached hydrogens (tertiary/aromatic N) is 3. The van der Waals surface area contributed by atoms with Gasteiger partial charge in [-0.1, -0.05) is 44.0 Å². The third-order valence-electron chi connectivity index (χ3n) is 3.40. The number of hydrogen-bond acceptors (Lipinski definition) is 4. The fraction of sp³-hybridized carbons (Fsp3) is 0.500. The number of hydrogen-bond donors (Lipinski definition) is 0. The Bertz CT molecular complexity index is 520. The first kappa shape index (κ1) is 14.0. The highest BCUT2D eigenvalue weighted by molar-refractivity contribution is 6.32. The summed E-state index contributed by atoms with van der Waals surface area (Å²) in [4.78, 5) is 21.2. The molecule has 5 heteroatoms. The molecule has 1 aliphatic rings. The molecule has 0 saturated carbocycles. The Labute approximate surface area is 118 Å². The van der Waals surface area contributed by atoms with E-state index in [2.05, 4.69) is 41.7 Å². The fourth-order valence-corrected chi connectivity index (χ4v) is 2.43. The Hall–Kier alpha value is -1.42. The SMILES string of the molecule is CC(C)(C)C1=CCN(c2ncnc(Cl)c2C=O)CC1. The van der Waals surface area contributed by atoms with Crippen LogP contribution >= 0.6 is 11.6 Å². The average molecular weight is 280 g/mol. The van der Waals surface area contributed by atoms with Crippen molar-refractivity contribution in [2.24, 2.45) is 5.41 Å².